The molecule has 0 aliphatic carbocycles. The van der Waals surface area contributed by atoms with Crippen LogP contribution in [0.4, 0.5) is 0 Å². The second-order valence-electron chi connectivity index (χ2n) is 4.38. The summed E-state index contributed by atoms with van der Waals surface area (Å²) in [5.74, 6) is 0. The third-order valence-electron chi connectivity index (χ3n) is 3.03. The lowest BCUT2D eigenvalue weighted by atomic mass is 10.1. The average molecular weight is 255 g/mol. The molecule has 17 heavy (non-hydrogen) atoms. The summed E-state index contributed by atoms with van der Waals surface area (Å²) in [6, 6.07) is 6.25. The minimum absolute atomic E-state index is 0.576. The van der Waals surface area contributed by atoms with Gasteiger partial charge in [-0.1, -0.05) is 23.7 Å². The van der Waals surface area contributed by atoms with E-state index in [1.807, 2.05) is 0 Å². The van der Waals surface area contributed by atoms with E-state index >= 15 is 0 Å². The average Bonchev–Trinajstić information content (AvgIpc) is 2.34. The molecule has 0 aromatic heterocycles. The molecule has 4 heteroatoms. The van der Waals surface area contributed by atoms with Crippen molar-refractivity contribution in [2.45, 2.75) is 13.2 Å². The van der Waals surface area contributed by atoms with Crippen molar-refractivity contribution in [1.29, 1.82) is 0 Å². The van der Waals surface area contributed by atoms with Crippen molar-refractivity contribution in [3.05, 3.63) is 34.3 Å². The highest BCUT2D eigenvalue weighted by atomic mass is 35.5. The Kier molecular flexibility index (Phi) is 4.80. The highest BCUT2D eigenvalue weighted by Crippen LogP contribution is 2.19. The minimum atomic E-state index is 0.576. The van der Waals surface area contributed by atoms with Crippen LogP contribution in [0.3, 0.4) is 0 Å². The van der Waals surface area contributed by atoms with Crippen molar-refractivity contribution in [2.24, 2.45) is 0 Å². The zero-order valence-electron chi connectivity index (χ0n) is 10.2. The molecule has 0 saturated carbocycles. The van der Waals surface area contributed by atoms with Crippen molar-refractivity contribution in [2.75, 3.05) is 33.3 Å². The molecule has 94 valence electrons. The minimum Gasteiger partial charge on any atom is -0.380 e. The fourth-order valence-corrected chi connectivity index (χ4v) is 2.35. The number of halogens is 1. The lowest BCUT2D eigenvalue weighted by molar-refractivity contribution is 0.185. The predicted molar refractivity (Wildman–Crippen MR) is 70.3 cm³/mol. The Morgan fingerprint density at radius 2 is 2.12 bits per heavy atom. The second-order valence-corrected chi connectivity index (χ2v) is 4.79. The van der Waals surface area contributed by atoms with Crippen molar-refractivity contribution in [1.82, 2.24) is 10.2 Å². The maximum absolute atomic E-state index is 6.21. The lowest BCUT2D eigenvalue weighted by Gasteiger charge is -2.27. The number of methoxy groups -OCH3 is 1. The number of hydrogen-bond donors (Lipinski definition) is 1. The quantitative estimate of drug-likeness (QED) is 0.888. The molecule has 1 aromatic carbocycles. The van der Waals surface area contributed by atoms with Gasteiger partial charge in [-0.25, -0.2) is 0 Å². The summed E-state index contributed by atoms with van der Waals surface area (Å²) in [5, 5.41) is 4.16. The summed E-state index contributed by atoms with van der Waals surface area (Å²) in [7, 11) is 1.69. The van der Waals surface area contributed by atoms with Crippen LogP contribution in [-0.2, 0) is 17.9 Å². The molecule has 3 nitrogen and oxygen atoms in total. The first-order valence-electron chi connectivity index (χ1n) is 5.99. The number of hydrogen-bond acceptors (Lipinski definition) is 3. The van der Waals surface area contributed by atoms with Gasteiger partial charge >= 0.3 is 0 Å². The first kappa shape index (κ1) is 12.8. The Morgan fingerprint density at radius 1 is 1.35 bits per heavy atom. The van der Waals surface area contributed by atoms with Crippen LogP contribution in [-0.4, -0.2) is 38.2 Å². The SMILES string of the molecule is COCc1ccc(CN2CCNCC2)cc1Cl. The van der Waals surface area contributed by atoms with Gasteiger partial charge in [-0.3, -0.25) is 4.90 Å². The molecule has 1 N–H and O–H groups in total. The van der Waals surface area contributed by atoms with Crippen molar-refractivity contribution >= 4 is 11.6 Å². The predicted octanol–water partition coefficient (Wildman–Crippen LogP) is 1.89. The van der Waals surface area contributed by atoms with E-state index in [-0.39, 0.29) is 0 Å². The first-order valence-corrected chi connectivity index (χ1v) is 6.36. The molecule has 0 radical (unpaired) electrons. The number of nitrogens with zero attached hydrogens (tertiary/aromatic N) is 1. The van der Waals surface area contributed by atoms with Gasteiger partial charge in [-0.05, 0) is 17.2 Å². The van der Waals surface area contributed by atoms with Crippen LogP contribution in [0.1, 0.15) is 11.1 Å². The smallest absolute Gasteiger partial charge is 0.0727 e. The summed E-state index contributed by atoms with van der Waals surface area (Å²) in [6.07, 6.45) is 0. The highest BCUT2D eigenvalue weighted by molar-refractivity contribution is 6.31. The van der Waals surface area contributed by atoms with Crippen molar-refractivity contribution < 1.29 is 4.74 Å². The summed E-state index contributed by atoms with van der Waals surface area (Å²) in [4.78, 5) is 2.44. The number of rotatable bonds is 4. The lowest BCUT2D eigenvalue weighted by Crippen LogP contribution is -2.42. The van der Waals surface area contributed by atoms with Crippen LogP contribution in [0.15, 0.2) is 18.2 Å². The molecule has 2 rings (SSSR count). The first-order chi connectivity index (χ1) is 8.29. The van der Waals surface area contributed by atoms with Gasteiger partial charge in [-0.2, -0.15) is 0 Å². The molecular weight excluding hydrogens is 236 g/mol. The molecule has 0 amide bonds. The second kappa shape index (κ2) is 6.36. The van der Waals surface area contributed by atoms with Crippen LogP contribution in [0, 0.1) is 0 Å². The van der Waals surface area contributed by atoms with E-state index in [1.54, 1.807) is 7.11 Å². The van der Waals surface area contributed by atoms with Gasteiger partial charge in [0.05, 0.1) is 6.61 Å². The van der Waals surface area contributed by atoms with Crippen LogP contribution in [0.2, 0.25) is 5.02 Å². The highest BCUT2D eigenvalue weighted by Gasteiger charge is 2.10. The molecule has 1 heterocycles. The summed E-state index contributed by atoms with van der Waals surface area (Å²) < 4.78 is 5.10. The Hall–Kier alpha value is -0.610. The molecular formula is C13H19ClN2O. The van der Waals surface area contributed by atoms with Crippen LogP contribution >= 0.6 is 11.6 Å². The molecule has 1 aromatic rings. The van der Waals surface area contributed by atoms with Crippen LogP contribution in [0.5, 0.6) is 0 Å². The monoisotopic (exact) mass is 254 g/mol. The standard InChI is InChI=1S/C13H19ClN2O/c1-17-10-12-3-2-11(8-13(12)14)9-16-6-4-15-5-7-16/h2-3,8,15H,4-7,9-10H2,1H3. The maximum atomic E-state index is 6.21. The number of nitrogens with one attached hydrogen (secondary N) is 1. The van der Waals surface area contributed by atoms with Gasteiger partial charge in [0, 0.05) is 44.9 Å². The number of benzene rings is 1. The van der Waals surface area contributed by atoms with Gasteiger partial charge in [0.1, 0.15) is 0 Å². The van der Waals surface area contributed by atoms with Crippen molar-refractivity contribution in [3.63, 3.8) is 0 Å². The molecule has 0 bridgehead atoms. The number of piperazine rings is 1. The van der Waals surface area contributed by atoms with Gasteiger partial charge in [0.15, 0.2) is 0 Å². The molecule has 1 aliphatic heterocycles. The topological polar surface area (TPSA) is 24.5 Å². The molecule has 1 aliphatic rings. The summed E-state index contributed by atoms with van der Waals surface area (Å²) >= 11 is 6.21. The zero-order valence-corrected chi connectivity index (χ0v) is 11.0. The Morgan fingerprint density at radius 3 is 2.76 bits per heavy atom. The van der Waals surface area contributed by atoms with E-state index in [2.05, 4.69) is 28.4 Å². The zero-order chi connectivity index (χ0) is 12.1. The van der Waals surface area contributed by atoms with Crippen LogP contribution < -0.4 is 5.32 Å². The summed E-state index contributed by atoms with van der Waals surface area (Å²) in [5.41, 5.74) is 2.33. The van der Waals surface area contributed by atoms with E-state index in [0.29, 0.717) is 6.61 Å². The Balaban J connectivity index is 1.98. The molecule has 0 spiro atoms. The largest absolute Gasteiger partial charge is 0.380 e. The van der Waals surface area contributed by atoms with Gasteiger partial charge in [0.25, 0.3) is 0 Å². The molecule has 0 atom stereocenters. The van der Waals surface area contributed by atoms with Crippen molar-refractivity contribution in [3.8, 4) is 0 Å². The van der Waals surface area contributed by atoms with E-state index in [4.69, 9.17) is 16.3 Å². The Labute approximate surface area is 108 Å². The molecule has 1 saturated heterocycles. The van der Waals surface area contributed by atoms with E-state index in [9.17, 15) is 0 Å². The fourth-order valence-electron chi connectivity index (χ4n) is 2.09. The third-order valence-corrected chi connectivity index (χ3v) is 3.38. The van der Waals surface area contributed by atoms with Gasteiger partial charge in [0.2, 0.25) is 0 Å². The normalized spacial score (nSPS) is 17.3. The van der Waals surface area contributed by atoms with E-state index in [0.717, 1.165) is 43.3 Å². The molecule has 0 unspecified atom stereocenters. The molecule has 1 fully saturated rings. The van der Waals surface area contributed by atoms with Gasteiger partial charge in [-0.15, -0.1) is 0 Å². The summed E-state index contributed by atoms with van der Waals surface area (Å²) in [6.45, 7) is 5.93. The van der Waals surface area contributed by atoms with Crippen LogP contribution in [0.25, 0.3) is 0 Å². The van der Waals surface area contributed by atoms with E-state index < -0.39 is 0 Å². The third kappa shape index (κ3) is 3.68. The Bertz CT molecular complexity index is 364. The van der Waals surface area contributed by atoms with E-state index in [1.165, 1.54) is 5.56 Å². The number of ether oxygens (including phenoxy) is 1. The maximum Gasteiger partial charge on any atom is 0.0727 e. The van der Waals surface area contributed by atoms with Gasteiger partial charge < -0.3 is 10.1 Å². The fraction of sp³-hybridized carbons (Fsp3) is 0.538.